The van der Waals surface area contributed by atoms with Crippen molar-refractivity contribution in [3.05, 3.63) is 95.8 Å². The summed E-state index contributed by atoms with van der Waals surface area (Å²) in [6, 6.07) is 26.7. The van der Waals surface area contributed by atoms with Gasteiger partial charge in [-0.3, -0.25) is 14.3 Å². The average molecular weight is 469 g/mol. The van der Waals surface area contributed by atoms with Gasteiger partial charge in [0.15, 0.2) is 0 Å². The van der Waals surface area contributed by atoms with Gasteiger partial charge in [0, 0.05) is 38.2 Å². The van der Waals surface area contributed by atoms with E-state index < -0.39 is 0 Å². The molecule has 6 nitrogen and oxygen atoms in total. The van der Waals surface area contributed by atoms with Crippen molar-refractivity contribution >= 4 is 16.9 Å². The molecule has 1 atom stereocenters. The highest BCUT2D eigenvalue weighted by Gasteiger charge is 2.21. The standard InChI is InChI=1S/C29H32N4O2/c1-22-11-13-23(14-12-22)26(21-32-17-19-35-20-18-32)31-29(34)16-15-28-30-25-9-5-6-10-27(25)33(28)24-7-3-2-4-8-24/h2-14,26H,15-21H2,1H3,(H,31,34). The number of carbonyl (C=O) groups is 1. The summed E-state index contributed by atoms with van der Waals surface area (Å²) >= 11 is 0. The van der Waals surface area contributed by atoms with Gasteiger partial charge >= 0.3 is 0 Å². The summed E-state index contributed by atoms with van der Waals surface area (Å²) in [5, 5.41) is 3.30. The van der Waals surface area contributed by atoms with Crippen molar-refractivity contribution < 1.29 is 9.53 Å². The molecule has 1 N–H and O–H groups in total. The van der Waals surface area contributed by atoms with Gasteiger partial charge in [0.1, 0.15) is 5.82 Å². The van der Waals surface area contributed by atoms with Crippen LogP contribution in [0, 0.1) is 6.92 Å². The summed E-state index contributed by atoms with van der Waals surface area (Å²) in [5.41, 5.74) is 5.40. The van der Waals surface area contributed by atoms with Crippen molar-refractivity contribution in [2.45, 2.75) is 25.8 Å². The first kappa shape index (κ1) is 23.3. The topological polar surface area (TPSA) is 59.4 Å². The van der Waals surface area contributed by atoms with E-state index in [-0.39, 0.29) is 11.9 Å². The van der Waals surface area contributed by atoms with Crippen molar-refractivity contribution in [3.63, 3.8) is 0 Å². The highest BCUT2D eigenvalue weighted by molar-refractivity contribution is 5.79. The van der Waals surface area contributed by atoms with Crippen LogP contribution in [0.1, 0.15) is 29.4 Å². The van der Waals surface area contributed by atoms with Gasteiger partial charge in [0.05, 0.1) is 30.3 Å². The minimum atomic E-state index is -0.0610. The average Bonchev–Trinajstić information content (AvgIpc) is 3.27. The first-order valence-electron chi connectivity index (χ1n) is 12.4. The number of para-hydroxylation sites is 3. The fourth-order valence-corrected chi connectivity index (χ4v) is 4.68. The Kier molecular flexibility index (Phi) is 7.21. The van der Waals surface area contributed by atoms with E-state index >= 15 is 0 Å². The molecule has 2 heterocycles. The minimum Gasteiger partial charge on any atom is -0.379 e. The Balaban J connectivity index is 1.33. The van der Waals surface area contributed by atoms with Crippen molar-refractivity contribution in [2.75, 3.05) is 32.8 Å². The molecule has 0 spiro atoms. The number of hydrogen-bond donors (Lipinski definition) is 1. The Morgan fingerprint density at radius 3 is 2.46 bits per heavy atom. The first-order chi connectivity index (χ1) is 17.2. The number of imidazole rings is 1. The Labute approximate surface area is 206 Å². The molecule has 1 aliphatic rings. The number of morpholine rings is 1. The van der Waals surface area contributed by atoms with Crippen LogP contribution in [-0.2, 0) is 16.0 Å². The Hall–Kier alpha value is -3.48. The normalized spacial score (nSPS) is 15.2. The van der Waals surface area contributed by atoms with Gasteiger partial charge in [-0.25, -0.2) is 4.98 Å². The fraction of sp³-hybridized carbons (Fsp3) is 0.310. The molecule has 180 valence electrons. The second-order valence-corrected chi connectivity index (χ2v) is 9.13. The predicted octanol–water partition coefficient (Wildman–Crippen LogP) is 4.46. The number of amides is 1. The molecule has 1 fully saturated rings. The van der Waals surface area contributed by atoms with E-state index in [0.717, 1.165) is 61.0 Å². The number of aryl methyl sites for hydroxylation is 2. The molecule has 0 aliphatic carbocycles. The number of aromatic nitrogens is 2. The zero-order valence-corrected chi connectivity index (χ0v) is 20.2. The zero-order chi connectivity index (χ0) is 24.0. The Morgan fingerprint density at radius 2 is 1.69 bits per heavy atom. The molecule has 4 aromatic rings. The summed E-state index contributed by atoms with van der Waals surface area (Å²) in [6.07, 6.45) is 0.940. The van der Waals surface area contributed by atoms with E-state index in [9.17, 15) is 4.79 Å². The third-order valence-electron chi connectivity index (χ3n) is 6.58. The highest BCUT2D eigenvalue weighted by atomic mass is 16.5. The van der Waals surface area contributed by atoms with Crippen LogP contribution < -0.4 is 5.32 Å². The van der Waals surface area contributed by atoms with Crippen LogP contribution >= 0.6 is 0 Å². The number of fused-ring (bicyclic) bond motifs is 1. The SMILES string of the molecule is Cc1ccc(C(CN2CCOCC2)NC(=O)CCc2nc3ccccc3n2-c2ccccc2)cc1. The van der Waals surface area contributed by atoms with Crippen LogP contribution in [-0.4, -0.2) is 53.2 Å². The maximum Gasteiger partial charge on any atom is 0.220 e. The lowest BCUT2D eigenvalue weighted by Crippen LogP contribution is -2.43. The van der Waals surface area contributed by atoms with E-state index in [1.165, 1.54) is 5.56 Å². The van der Waals surface area contributed by atoms with Gasteiger partial charge in [0.2, 0.25) is 5.91 Å². The van der Waals surface area contributed by atoms with Gasteiger partial charge in [-0.2, -0.15) is 0 Å². The fourth-order valence-electron chi connectivity index (χ4n) is 4.68. The van der Waals surface area contributed by atoms with Gasteiger partial charge < -0.3 is 10.1 Å². The van der Waals surface area contributed by atoms with Crippen molar-refractivity contribution in [2.24, 2.45) is 0 Å². The van der Waals surface area contributed by atoms with Gasteiger partial charge in [-0.15, -0.1) is 0 Å². The Bertz CT molecular complexity index is 1260. The molecule has 6 heteroatoms. The van der Waals surface area contributed by atoms with Crippen molar-refractivity contribution in [1.29, 1.82) is 0 Å². The third kappa shape index (κ3) is 5.61. The largest absolute Gasteiger partial charge is 0.379 e. The molecule has 0 bridgehead atoms. The molecule has 1 amide bonds. The van der Waals surface area contributed by atoms with Gasteiger partial charge in [-0.05, 0) is 36.8 Å². The third-order valence-corrected chi connectivity index (χ3v) is 6.58. The van der Waals surface area contributed by atoms with Gasteiger partial charge in [0.25, 0.3) is 0 Å². The molecule has 3 aromatic carbocycles. The highest BCUT2D eigenvalue weighted by Crippen LogP contribution is 2.23. The summed E-state index contributed by atoms with van der Waals surface area (Å²) < 4.78 is 7.67. The maximum absolute atomic E-state index is 13.2. The van der Waals surface area contributed by atoms with Crippen LogP contribution in [0.2, 0.25) is 0 Å². The number of nitrogens with one attached hydrogen (secondary N) is 1. The molecule has 1 saturated heterocycles. The van der Waals surface area contributed by atoms with Crippen molar-refractivity contribution in [3.8, 4) is 5.69 Å². The van der Waals surface area contributed by atoms with Crippen molar-refractivity contribution in [1.82, 2.24) is 19.8 Å². The van der Waals surface area contributed by atoms with E-state index in [2.05, 4.69) is 64.2 Å². The molecule has 1 aliphatic heterocycles. The number of ether oxygens (including phenoxy) is 1. The summed E-state index contributed by atoms with van der Waals surface area (Å²) in [5.74, 6) is 0.933. The molecular formula is C29H32N4O2. The van der Waals surface area contributed by atoms with Crippen LogP contribution in [0.15, 0.2) is 78.9 Å². The van der Waals surface area contributed by atoms with E-state index in [1.54, 1.807) is 0 Å². The second kappa shape index (κ2) is 10.8. The molecule has 1 aromatic heterocycles. The molecule has 0 saturated carbocycles. The Morgan fingerprint density at radius 1 is 0.971 bits per heavy atom. The van der Waals surface area contributed by atoms with Crippen LogP contribution in [0.25, 0.3) is 16.7 Å². The molecular weight excluding hydrogens is 436 g/mol. The number of hydrogen-bond acceptors (Lipinski definition) is 4. The molecule has 5 rings (SSSR count). The molecule has 0 radical (unpaired) electrons. The van der Waals surface area contributed by atoms with Crippen LogP contribution in [0.5, 0.6) is 0 Å². The molecule has 35 heavy (non-hydrogen) atoms. The number of rotatable bonds is 8. The van der Waals surface area contributed by atoms with E-state index in [0.29, 0.717) is 12.8 Å². The number of carbonyl (C=O) groups excluding carboxylic acids is 1. The number of benzene rings is 3. The summed E-state index contributed by atoms with van der Waals surface area (Å²) in [4.78, 5) is 20.4. The quantitative estimate of drug-likeness (QED) is 0.415. The van der Waals surface area contributed by atoms with Crippen LogP contribution in [0.3, 0.4) is 0 Å². The lowest BCUT2D eigenvalue weighted by Gasteiger charge is -2.31. The predicted molar refractivity (Wildman–Crippen MR) is 139 cm³/mol. The lowest BCUT2D eigenvalue weighted by molar-refractivity contribution is -0.122. The zero-order valence-electron chi connectivity index (χ0n) is 20.2. The summed E-state index contributed by atoms with van der Waals surface area (Å²) in [6.45, 7) is 6.12. The summed E-state index contributed by atoms with van der Waals surface area (Å²) in [7, 11) is 0. The second-order valence-electron chi connectivity index (χ2n) is 9.13. The van der Waals surface area contributed by atoms with Gasteiger partial charge in [-0.1, -0.05) is 60.2 Å². The molecule has 1 unspecified atom stereocenters. The maximum atomic E-state index is 13.2. The number of nitrogens with zero attached hydrogens (tertiary/aromatic N) is 3. The van der Waals surface area contributed by atoms with Crippen LogP contribution in [0.4, 0.5) is 0 Å². The smallest absolute Gasteiger partial charge is 0.220 e. The lowest BCUT2D eigenvalue weighted by atomic mass is 10.0. The van der Waals surface area contributed by atoms with E-state index in [1.807, 2.05) is 36.4 Å². The minimum absolute atomic E-state index is 0.0375. The monoisotopic (exact) mass is 468 g/mol. The first-order valence-corrected chi connectivity index (χ1v) is 12.4. The van der Waals surface area contributed by atoms with E-state index in [4.69, 9.17) is 9.72 Å².